The van der Waals surface area contributed by atoms with Crippen LogP contribution in [-0.4, -0.2) is 42.0 Å². The second kappa shape index (κ2) is 8.98. The maximum absolute atomic E-state index is 11.4. The molecule has 0 bridgehead atoms. The molecule has 1 aliphatic heterocycles. The van der Waals surface area contributed by atoms with E-state index in [0.717, 1.165) is 54.7 Å². The summed E-state index contributed by atoms with van der Waals surface area (Å²) in [6.07, 6.45) is 3.43. The Morgan fingerprint density at radius 2 is 2.19 bits per heavy atom. The van der Waals surface area contributed by atoms with Gasteiger partial charge in [-0.1, -0.05) is 19.1 Å². The molecule has 1 aromatic carbocycles. The summed E-state index contributed by atoms with van der Waals surface area (Å²) in [5.41, 5.74) is 1.15. The number of amides is 1. The Morgan fingerprint density at radius 1 is 1.38 bits per heavy atom. The van der Waals surface area contributed by atoms with Crippen LogP contribution in [-0.2, 0) is 11.2 Å². The molecule has 1 aliphatic rings. The molecule has 2 aromatic rings. The van der Waals surface area contributed by atoms with Gasteiger partial charge in [0.2, 0.25) is 11.0 Å². The molecule has 140 valence electrons. The molecule has 1 saturated heterocycles. The Bertz CT molecular complexity index is 726. The first kappa shape index (κ1) is 18.6. The Balaban J connectivity index is 1.51. The molecule has 0 aliphatic carbocycles. The average Bonchev–Trinajstić information content (AvgIpc) is 3.15. The lowest BCUT2D eigenvalue weighted by Crippen LogP contribution is -2.38. The largest absolute Gasteiger partial charge is 0.497 e. The van der Waals surface area contributed by atoms with Crippen LogP contribution in [0.25, 0.3) is 0 Å². The number of carbonyl (C=O) groups excluding carboxylic acids is 1. The third-order valence-electron chi connectivity index (χ3n) is 4.75. The molecule has 0 saturated carbocycles. The molecule has 1 amide bonds. The third kappa shape index (κ3) is 4.94. The maximum Gasteiger partial charge on any atom is 0.219 e. The van der Waals surface area contributed by atoms with Gasteiger partial charge < -0.3 is 15.0 Å². The number of methoxy groups -OCH3 is 1. The molecule has 3 rings (SSSR count). The van der Waals surface area contributed by atoms with Gasteiger partial charge >= 0.3 is 0 Å². The fourth-order valence-electron chi connectivity index (χ4n) is 3.12. The Morgan fingerprint density at radius 3 is 2.92 bits per heavy atom. The predicted octanol–water partition coefficient (Wildman–Crippen LogP) is 2.88. The minimum Gasteiger partial charge on any atom is -0.497 e. The van der Waals surface area contributed by atoms with Gasteiger partial charge in [0.15, 0.2) is 0 Å². The number of nitrogens with zero attached hydrogens (tertiary/aromatic N) is 3. The zero-order chi connectivity index (χ0) is 18.4. The quantitative estimate of drug-likeness (QED) is 0.807. The first-order chi connectivity index (χ1) is 12.7. The number of piperidine rings is 1. The lowest BCUT2D eigenvalue weighted by Gasteiger charge is -2.31. The summed E-state index contributed by atoms with van der Waals surface area (Å²) in [7, 11) is 1.68. The van der Waals surface area contributed by atoms with Crippen molar-refractivity contribution in [2.24, 2.45) is 5.92 Å². The fraction of sp³-hybridized carbons (Fsp3) is 0.526. The first-order valence-corrected chi connectivity index (χ1v) is 9.92. The Kier molecular flexibility index (Phi) is 6.44. The van der Waals surface area contributed by atoms with Crippen LogP contribution in [0.1, 0.15) is 37.6 Å². The average molecular weight is 375 g/mol. The van der Waals surface area contributed by atoms with Crippen molar-refractivity contribution in [3.05, 3.63) is 35.7 Å². The smallest absolute Gasteiger partial charge is 0.219 e. The van der Waals surface area contributed by atoms with E-state index in [1.54, 1.807) is 7.11 Å². The number of anilines is 1. The lowest BCUT2D eigenvalue weighted by molar-refractivity contribution is -0.120. The summed E-state index contributed by atoms with van der Waals surface area (Å²) in [6, 6.07) is 8.02. The van der Waals surface area contributed by atoms with Gasteiger partial charge in [0.05, 0.1) is 7.11 Å². The maximum atomic E-state index is 11.4. The van der Waals surface area contributed by atoms with Crippen LogP contribution in [0.2, 0.25) is 0 Å². The molecular formula is C19H26N4O2S. The van der Waals surface area contributed by atoms with Gasteiger partial charge in [-0.05, 0) is 36.5 Å². The molecule has 0 radical (unpaired) electrons. The molecule has 26 heavy (non-hydrogen) atoms. The van der Waals surface area contributed by atoms with Crippen molar-refractivity contribution in [3.8, 4) is 5.75 Å². The van der Waals surface area contributed by atoms with E-state index in [9.17, 15) is 4.79 Å². The van der Waals surface area contributed by atoms with E-state index in [-0.39, 0.29) is 5.91 Å². The summed E-state index contributed by atoms with van der Waals surface area (Å²) in [5, 5.41) is 4.00. The highest BCUT2D eigenvalue weighted by Gasteiger charge is 2.22. The lowest BCUT2D eigenvalue weighted by atomic mass is 9.97. The van der Waals surface area contributed by atoms with Crippen molar-refractivity contribution in [2.45, 2.75) is 32.6 Å². The highest BCUT2D eigenvalue weighted by Crippen LogP contribution is 2.25. The van der Waals surface area contributed by atoms with Crippen LogP contribution in [0.3, 0.4) is 0 Å². The highest BCUT2D eigenvalue weighted by molar-refractivity contribution is 7.09. The standard InChI is InChI=1S/C19H26N4O2S/c1-3-18(24)20-13-14-7-9-23(10-8-14)19-21-17(22-26-19)12-15-5-4-6-16(11-15)25-2/h4-6,11,14H,3,7-10,12-13H2,1-2H3,(H,20,24). The predicted molar refractivity (Wildman–Crippen MR) is 104 cm³/mol. The second-order valence-electron chi connectivity index (χ2n) is 6.61. The molecule has 0 unspecified atom stereocenters. The Hall–Kier alpha value is -2.15. The number of rotatable bonds is 7. The molecular weight excluding hydrogens is 348 g/mol. The van der Waals surface area contributed by atoms with Crippen LogP contribution in [0, 0.1) is 5.92 Å². The van der Waals surface area contributed by atoms with Crippen LogP contribution in [0.5, 0.6) is 5.75 Å². The number of aromatic nitrogens is 2. The summed E-state index contributed by atoms with van der Waals surface area (Å²) in [4.78, 5) is 18.4. The summed E-state index contributed by atoms with van der Waals surface area (Å²) < 4.78 is 9.79. The topological polar surface area (TPSA) is 67.4 Å². The highest BCUT2D eigenvalue weighted by atomic mass is 32.1. The van der Waals surface area contributed by atoms with Crippen LogP contribution < -0.4 is 15.0 Å². The number of hydrogen-bond acceptors (Lipinski definition) is 6. The van der Waals surface area contributed by atoms with E-state index in [2.05, 4.69) is 20.7 Å². The Labute approximate surface area is 158 Å². The van der Waals surface area contributed by atoms with Gasteiger partial charge in [-0.2, -0.15) is 4.37 Å². The van der Waals surface area contributed by atoms with E-state index in [4.69, 9.17) is 9.72 Å². The molecule has 7 heteroatoms. The van der Waals surface area contributed by atoms with E-state index in [0.29, 0.717) is 18.8 Å². The number of hydrogen-bond donors (Lipinski definition) is 1. The van der Waals surface area contributed by atoms with E-state index in [1.165, 1.54) is 11.5 Å². The van der Waals surface area contributed by atoms with Gasteiger partial charge in [-0.25, -0.2) is 4.98 Å². The minimum absolute atomic E-state index is 0.138. The molecule has 1 fully saturated rings. The number of nitrogens with one attached hydrogen (secondary N) is 1. The molecule has 0 spiro atoms. The number of carbonyl (C=O) groups is 1. The van der Waals surface area contributed by atoms with Gasteiger partial charge in [0.25, 0.3) is 0 Å². The number of ether oxygens (including phenoxy) is 1. The zero-order valence-electron chi connectivity index (χ0n) is 15.4. The normalized spacial score (nSPS) is 15.1. The van der Waals surface area contributed by atoms with E-state index < -0.39 is 0 Å². The van der Waals surface area contributed by atoms with Crippen molar-refractivity contribution >= 4 is 22.6 Å². The molecule has 0 atom stereocenters. The molecule has 1 aromatic heterocycles. The van der Waals surface area contributed by atoms with Gasteiger partial charge in [-0.3, -0.25) is 4.79 Å². The van der Waals surface area contributed by atoms with E-state index in [1.807, 2.05) is 25.1 Å². The third-order valence-corrected chi connectivity index (χ3v) is 5.56. The molecule has 6 nitrogen and oxygen atoms in total. The number of benzene rings is 1. The van der Waals surface area contributed by atoms with Crippen LogP contribution in [0.15, 0.2) is 24.3 Å². The van der Waals surface area contributed by atoms with Crippen molar-refractivity contribution in [3.63, 3.8) is 0 Å². The van der Waals surface area contributed by atoms with Crippen molar-refractivity contribution in [2.75, 3.05) is 31.6 Å². The van der Waals surface area contributed by atoms with Crippen molar-refractivity contribution < 1.29 is 9.53 Å². The monoisotopic (exact) mass is 374 g/mol. The van der Waals surface area contributed by atoms with Crippen molar-refractivity contribution in [1.82, 2.24) is 14.7 Å². The molecule has 1 N–H and O–H groups in total. The van der Waals surface area contributed by atoms with Gasteiger partial charge in [0.1, 0.15) is 11.6 Å². The minimum atomic E-state index is 0.138. The summed E-state index contributed by atoms with van der Waals surface area (Å²) in [5.74, 6) is 2.41. The summed E-state index contributed by atoms with van der Waals surface area (Å²) in [6.45, 7) is 4.62. The zero-order valence-corrected chi connectivity index (χ0v) is 16.2. The first-order valence-electron chi connectivity index (χ1n) is 9.15. The van der Waals surface area contributed by atoms with Crippen LogP contribution >= 0.6 is 11.5 Å². The fourth-order valence-corrected chi connectivity index (χ4v) is 3.86. The molecule has 2 heterocycles. The van der Waals surface area contributed by atoms with Crippen molar-refractivity contribution in [1.29, 1.82) is 0 Å². The second-order valence-corrected chi connectivity index (χ2v) is 7.34. The van der Waals surface area contributed by atoms with Gasteiger partial charge in [-0.15, -0.1) is 0 Å². The van der Waals surface area contributed by atoms with Gasteiger partial charge in [0, 0.05) is 44.0 Å². The van der Waals surface area contributed by atoms with Crippen LogP contribution in [0.4, 0.5) is 5.13 Å². The summed E-state index contributed by atoms with van der Waals surface area (Å²) >= 11 is 1.47. The SMILES string of the molecule is CCC(=O)NCC1CCN(c2nc(Cc3cccc(OC)c3)ns2)CC1. The van der Waals surface area contributed by atoms with E-state index >= 15 is 0 Å².